The molecule has 2 atom stereocenters. The van der Waals surface area contributed by atoms with E-state index in [0.29, 0.717) is 18.8 Å². The zero-order valence-corrected chi connectivity index (χ0v) is 22.1. The van der Waals surface area contributed by atoms with Gasteiger partial charge in [0.15, 0.2) is 10.8 Å². The topological polar surface area (TPSA) is 256 Å². The SMILES string of the molecule is CNCCNCc1cnn(CC2C(NC(=O)/C(=N\OC3(C(=O)O)CC3)c3csc(N)n3)C(=O)N2S(=O)(=O)O)n1. The molecule has 0 bridgehead atoms. The van der Waals surface area contributed by atoms with Crippen molar-refractivity contribution in [2.45, 2.75) is 43.6 Å². The molecule has 0 radical (unpaired) electrons. The van der Waals surface area contributed by atoms with Gasteiger partial charge in [0.05, 0.1) is 18.4 Å². The van der Waals surface area contributed by atoms with Crippen LogP contribution in [0.4, 0.5) is 5.13 Å². The molecule has 1 aliphatic heterocycles. The first-order valence-corrected chi connectivity index (χ1v) is 13.8. The van der Waals surface area contributed by atoms with E-state index in [-0.39, 0.29) is 34.5 Å². The first kappa shape index (κ1) is 28.3. The molecule has 3 heterocycles. The van der Waals surface area contributed by atoms with E-state index in [0.717, 1.165) is 22.7 Å². The molecule has 2 aliphatic rings. The molecule has 2 amide bonds. The Balaban J connectivity index is 1.51. The Bertz CT molecular complexity index is 1390. The van der Waals surface area contributed by atoms with Gasteiger partial charge >= 0.3 is 16.3 Å². The summed E-state index contributed by atoms with van der Waals surface area (Å²) in [6.07, 6.45) is 1.80. The van der Waals surface area contributed by atoms with Gasteiger partial charge in [-0.05, 0) is 7.05 Å². The standard InChI is InChI=1S/C19H26N10O8S2/c1-21-4-5-22-6-10-7-23-28(26-10)8-12-14(16(31)29(12)39(34,35)36)25-15(30)13(11-9-38-18(20)24-11)27-37-19(2-3-19)17(32)33/h7,9,12,14,21-22H,2-6,8H2,1H3,(H2,20,24)(H,25,30)(H,32,33)(H,34,35,36)/b27-13-. The smallest absolute Gasteiger partial charge is 0.362 e. The van der Waals surface area contributed by atoms with E-state index in [1.165, 1.54) is 11.6 Å². The zero-order chi connectivity index (χ0) is 28.4. The summed E-state index contributed by atoms with van der Waals surface area (Å²) in [5.74, 6) is -3.38. The maximum atomic E-state index is 13.2. The molecule has 7 N–H and O–H groups in total. The molecule has 18 nitrogen and oxygen atoms in total. The fourth-order valence-corrected chi connectivity index (χ4v) is 5.06. The first-order chi connectivity index (χ1) is 18.4. The summed E-state index contributed by atoms with van der Waals surface area (Å²) in [6, 6.07) is -2.72. The summed E-state index contributed by atoms with van der Waals surface area (Å²) >= 11 is 0.979. The third-order valence-electron chi connectivity index (χ3n) is 5.88. The van der Waals surface area contributed by atoms with Crippen LogP contribution >= 0.6 is 11.3 Å². The van der Waals surface area contributed by atoms with Crippen LogP contribution in [0.2, 0.25) is 0 Å². The number of nitrogen functional groups attached to an aromatic ring is 1. The number of carboxylic acid groups (broad SMARTS) is 1. The maximum absolute atomic E-state index is 13.2. The van der Waals surface area contributed by atoms with Crippen LogP contribution in [0.25, 0.3) is 0 Å². The number of β-lactam (4-membered cyclic amide) rings is 1. The number of rotatable bonds is 14. The Hall–Kier alpha value is -3.72. The number of anilines is 1. The maximum Gasteiger partial charge on any atom is 0.362 e. The summed E-state index contributed by atoms with van der Waals surface area (Å²) in [6.45, 7) is 1.48. The molecule has 1 saturated heterocycles. The van der Waals surface area contributed by atoms with Crippen molar-refractivity contribution in [3.63, 3.8) is 0 Å². The second-order valence-corrected chi connectivity index (χ2v) is 10.9. The number of oxime groups is 1. The van der Waals surface area contributed by atoms with Gasteiger partial charge in [-0.2, -0.15) is 23.4 Å². The fraction of sp³-hybridized carbons (Fsp3) is 0.526. The van der Waals surface area contributed by atoms with E-state index < -0.39 is 51.5 Å². The lowest BCUT2D eigenvalue weighted by atomic mass is 9.98. The lowest BCUT2D eigenvalue weighted by Gasteiger charge is -2.43. The van der Waals surface area contributed by atoms with Crippen LogP contribution in [-0.2, 0) is 42.6 Å². The number of hydrogen-bond donors (Lipinski definition) is 6. The van der Waals surface area contributed by atoms with Crippen molar-refractivity contribution in [3.8, 4) is 0 Å². The highest BCUT2D eigenvalue weighted by atomic mass is 32.2. The average molecular weight is 587 g/mol. The van der Waals surface area contributed by atoms with Crippen LogP contribution in [0, 0.1) is 0 Å². The van der Waals surface area contributed by atoms with E-state index in [4.69, 9.17) is 10.6 Å². The van der Waals surface area contributed by atoms with Crippen molar-refractivity contribution in [3.05, 3.63) is 23.0 Å². The Morgan fingerprint density at radius 2 is 2.10 bits per heavy atom. The van der Waals surface area contributed by atoms with Crippen LogP contribution < -0.4 is 21.7 Å². The predicted octanol–water partition coefficient (Wildman–Crippen LogP) is -2.84. The molecule has 2 fully saturated rings. The van der Waals surface area contributed by atoms with Gasteiger partial charge < -0.3 is 31.6 Å². The Morgan fingerprint density at radius 3 is 2.69 bits per heavy atom. The van der Waals surface area contributed by atoms with Crippen molar-refractivity contribution in [2.75, 3.05) is 25.9 Å². The van der Waals surface area contributed by atoms with Crippen LogP contribution in [0.3, 0.4) is 0 Å². The van der Waals surface area contributed by atoms with E-state index in [9.17, 15) is 32.5 Å². The van der Waals surface area contributed by atoms with Crippen molar-refractivity contribution in [2.24, 2.45) is 5.16 Å². The van der Waals surface area contributed by atoms with Crippen molar-refractivity contribution in [1.82, 2.24) is 40.2 Å². The minimum Gasteiger partial charge on any atom is -0.478 e. The normalized spacial score (nSPS) is 20.4. The number of carbonyl (C=O) groups is 3. The van der Waals surface area contributed by atoms with Crippen LogP contribution in [0.15, 0.2) is 16.7 Å². The summed E-state index contributed by atoms with van der Waals surface area (Å²) in [5.41, 5.74) is 4.09. The molecule has 2 unspecified atom stereocenters. The highest BCUT2D eigenvalue weighted by molar-refractivity contribution is 7.84. The van der Waals surface area contributed by atoms with E-state index in [1.54, 1.807) is 0 Å². The number of thiazole rings is 1. The summed E-state index contributed by atoms with van der Waals surface area (Å²) in [7, 11) is -3.16. The molecular weight excluding hydrogens is 560 g/mol. The third kappa shape index (κ3) is 6.30. The molecule has 20 heteroatoms. The van der Waals surface area contributed by atoms with Gasteiger partial charge in [0.25, 0.3) is 11.8 Å². The number of likely N-dealkylation sites (N-methyl/N-ethyl adjacent to an activating group) is 1. The minimum absolute atomic E-state index is 0.0460. The van der Waals surface area contributed by atoms with Gasteiger partial charge in [-0.25, -0.2) is 14.1 Å². The van der Waals surface area contributed by atoms with Crippen molar-refractivity contribution >= 4 is 50.3 Å². The fourth-order valence-electron chi connectivity index (χ4n) is 3.64. The van der Waals surface area contributed by atoms with Crippen LogP contribution in [-0.4, -0.2) is 104 Å². The number of aliphatic carboxylic acids is 1. The summed E-state index contributed by atoms with van der Waals surface area (Å²) in [4.78, 5) is 47.5. The number of nitrogens with zero attached hydrogens (tertiary/aromatic N) is 6. The number of nitrogens with two attached hydrogens (primary N) is 1. The van der Waals surface area contributed by atoms with Crippen molar-refractivity contribution < 1.29 is 37.3 Å². The Morgan fingerprint density at radius 1 is 1.36 bits per heavy atom. The summed E-state index contributed by atoms with van der Waals surface area (Å²) in [5, 5.41) is 31.2. The van der Waals surface area contributed by atoms with Gasteiger partial charge in [0, 0.05) is 37.9 Å². The van der Waals surface area contributed by atoms with Gasteiger partial charge in [0.1, 0.15) is 17.8 Å². The predicted molar refractivity (Wildman–Crippen MR) is 134 cm³/mol. The van der Waals surface area contributed by atoms with Gasteiger partial charge in [0.2, 0.25) is 5.60 Å². The monoisotopic (exact) mass is 586 g/mol. The van der Waals surface area contributed by atoms with E-state index in [2.05, 4.69) is 36.3 Å². The molecule has 2 aromatic heterocycles. The summed E-state index contributed by atoms with van der Waals surface area (Å²) < 4.78 is 33.5. The molecule has 2 aromatic rings. The Labute approximate surface area is 225 Å². The number of hydrogen-bond acceptors (Lipinski definition) is 14. The van der Waals surface area contributed by atoms with Gasteiger partial charge in [-0.15, -0.1) is 11.3 Å². The average Bonchev–Trinajstić information content (AvgIpc) is 3.33. The van der Waals surface area contributed by atoms with Crippen LogP contribution in [0.5, 0.6) is 0 Å². The van der Waals surface area contributed by atoms with Gasteiger partial charge in [-0.3, -0.25) is 14.1 Å². The quantitative estimate of drug-likeness (QED) is 0.0429. The van der Waals surface area contributed by atoms with Crippen molar-refractivity contribution in [1.29, 1.82) is 0 Å². The zero-order valence-electron chi connectivity index (χ0n) is 20.5. The first-order valence-electron chi connectivity index (χ1n) is 11.5. The largest absolute Gasteiger partial charge is 0.478 e. The number of carboxylic acids is 1. The molecule has 4 rings (SSSR count). The molecular formula is C19H26N10O8S2. The highest BCUT2D eigenvalue weighted by Crippen LogP contribution is 2.40. The molecule has 0 spiro atoms. The second kappa shape index (κ2) is 11.2. The second-order valence-electron chi connectivity index (χ2n) is 8.70. The number of amides is 2. The number of nitrogens with one attached hydrogen (secondary N) is 3. The molecule has 1 aliphatic carbocycles. The third-order valence-corrected chi connectivity index (χ3v) is 7.50. The Kier molecular flexibility index (Phi) is 8.11. The van der Waals surface area contributed by atoms with E-state index >= 15 is 0 Å². The van der Waals surface area contributed by atoms with Crippen LogP contribution in [0.1, 0.15) is 24.2 Å². The minimum atomic E-state index is -4.97. The highest BCUT2D eigenvalue weighted by Gasteiger charge is 2.56. The number of carbonyl (C=O) groups excluding carboxylic acids is 2. The number of aromatic nitrogens is 4. The molecule has 39 heavy (non-hydrogen) atoms. The van der Waals surface area contributed by atoms with Gasteiger partial charge in [-0.1, -0.05) is 5.16 Å². The molecule has 212 valence electrons. The lowest BCUT2D eigenvalue weighted by Crippen LogP contribution is -2.73. The lowest BCUT2D eigenvalue weighted by molar-refractivity contribution is -0.153. The molecule has 1 saturated carbocycles. The molecule has 0 aromatic carbocycles. The van der Waals surface area contributed by atoms with E-state index in [1.807, 2.05) is 7.05 Å².